The summed E-state index contributed by atoms with van der Waals surface area (Å²) in [4.78, 5) is 36.2. The second-order valence-corrected chi connectivity index (χ2v) is 5.62. The van der Waals surface area contributed by atoms with E-state index in [0.717, 1.165) is 0 Å². The van der Waals surface area contributed by atoms with Gasteiger partial charge in [-0.2, -0.15) is 0 Å². The second kappa shape index (κ2) is 6.60. The number of Topliss-reactive ketones (excluding diaryl/α,β-unsaturated/α-hetero) is 1. The molecule has 1 aliphatic heterocycles. The first-order valence-corrected chi connectivity index (χ1v) is 7.25. The van der Waals surface area contributed by atoms with Crippen LogP contribution < -0.4 is 10.2 Å². The van der Waals surface area contributed by atoms with E-state index in [1.165, 1.54) is 11.8 Å². The summed E-state index contributed by atoms with van der Waals surface area (Å²) < 4.78 is 5.24. The lowest BCUT2D eigenvalue weighted by Gasteiger charge is -2.13. The lowest BCUT2D eigenvalue weighted by atomic mass is 10.1. The zero-order chi connectivity index (χ0) is 16.3. The lowest BCUT2D eigenvalue weighted by Crippen LogP contribution is -2.36. The van der Waals surface area contributed by atoms with E-state index in [0.29, 0.717) is 24.3 Å². The summed E-state index contributed by atoms with van der Waals surface area (Å²) in [5.74, 6) is -0.197. The third-order valence-electron chi connectivity index (χ3n) is 3.49. The van der Waals surface area contributed by atoms with E-state index in [4.69, 9.17) is 4.74 Å². The van der Waals surface area contributed by atoms with E-state index in [1.807, 2.05) is 0 Å². The maximum Gasteiger partial charge on any atom is 0.414 e. The van der Waals surface area contributed by atoms with Crippen molar-refractivity contribution in [3.63, 3.8) is 0 Å². The molecule has 6 heteroatoms. The van der Waals surface area contributed by atoms with Crippen molar-refractivity contribution in [2.45, 2.75) is 26.9 Å². The van der Waals surface area contributed by atoms with Gasteiger partial charge in [-0.1, -0.05) is 13.8 Å². The number of amides is 2. The Labute approximate surface area is 129 Å². The maximum absolute atomic E-state index is 11.9. The number of anilines is 1. The van der Waals surface area contributed by atoms with Crippen LogP contribution in [0, 0.1) is 5.92 Å². The number of hydrogen-bond donors (Lipinski definition) is 1. The summed E-state index contributed by atoms with van der Waals surface area (Å²) in [6.07, 6.45) is -0.818. The van der Waals surface area contributed by atoms with Crippen molar-refractivity contribution in [3.05, 3.63) is 29.8 Å². The first-order valence-electron chi connectivity index (χ1n) is 7.25. The van der Waals surface area contributed by atoms with Crippen LogP contribution in [0.15, 0.2) is 24.3 Å². The van der Waals surface area contributed by atoms with Gasteiger partial charge >= 0.3 is 6.09 Å². The van der Waals surface area contributed by atoms with Crippen LogP contribution in [0.1, 0.15) is 31.1 Å². The molecule has 6 nitrogen and oxygen atoms in total. The Balaban J connectivity index is 1.97. The van der Waals surface area contributed by atoms with Gasteiger partial charge in [-0.15, -0.1) is 0 Å². The number of benzene rings is 1. The van der Waals surface area contributed by atoms with E-state index >= 15 is 0 Å². The zero-order valence-corrected chi connectivity index (χ0v) is 13.0. The first-order chi connectivity index (χ1) is 10.4. The lowest BCUT2D eigenvalue weighted by molar-refractivity contribution is -0.124. The van der Waals surface area contributed by atoms with Crippen molar-refractivity contribution >= 4 is 23.5 Å². The Morgan fingerprint density at radius 2 is 1.95 bits per heavy atom. The van der Waals surface area contributed by atoms with Gasteiger partial charge in [0.15, 0.2) is 5.78 Å². The van der Waals surface area contributed by atoms with Gasteiger partial charge in [0.2, 0.25) is 5.91 Å². The van der Waals surface area contributed by atoms with Gasteiger partial charge in [0, 0.05) is 17.2 Å². The number of carbonyl (C=O) groups is 3. The zero-order valence-electron chi connectivity index (χ0n) is 13.0. The van der Waals surface area contributed by atoms with Crippen molar-refractivity contribution in [2.75, 3.05) is 18.0 Å². The van der Waals surface area contributed by atoms with Crippen molar-refractivity contribution in [3.8, 4) is 0 Å². The van der Waals surface area contributed by atoms with Gasteiger partial charge < -0.3 is 10.1 Å². The number of nitrogens with zero attached hydrogens (tertiary/aromatic N) is 1. The predicted molar refractivity (Wildman–Crippen MR) is 81.9 cm³/mol. The van der Waals surface area contributed by atoms with Gasteiger partial charge in [0.1, 0.15) is 6.10 Å². The third kappa shape index (κ3) is 3.63. The van der Waals surface area contributed by atoms with Crippen LogP contribution >= 0.6 is 0 Å². The molecule has 0 radical (unpaired) electrons. The third-order valence-corrected chi connectivity index (χ3v) is 3.49. The minimum absolute atomic E-state index is 0.0233. The molecule has 118 valence electrons. The van der Waals surface area contributed by atoms with Crippen molar-refractivity contribution in [2.24, 2.45) is 5.92 Å². The second-order valence-electron chi connectivity index (χ2n) is 5.62. The summed E-state index contributed by atoms with van der Waals surface area (Å²) in [6.45, 7) is 5.77. The number of ether oxygens (including phenoxy) is 1. The van der Waals surface area contributed by atoms with E-state index < -0.39 is 6.09 Å². The van der Waals surface area contributed by atoms with Crippen LogP contribution in [-0.2, 0) is 9.53 Å². The fourth-order valence-electron chi connectivity index (χ4n) is 2.13. The summed E-state index contributed by atoms with van der Waals surface area (Å²) >= 11 is 0. The van der Waals surface area contributed by atoms with Gasteiger partial charge in [-0.25, -0.2) is 4.79 Å². The van der Waals surface area contributed by atoms with Gasteiger partial charge in [-0.3, -0.25) is 14.5 Å². The highest BCUT2D eigenvalue weighted by atomic mass is 16.6. The van der Waals surface area contributed by atoms with Crippen molar-refractivity contribution in [1.82, 2.24) is 5.32 Å². The largest absolute Gasteiger partial charge is 0.442 e. The van der Waals surface area contributed by atoms with Crippen LogP contribution in [0.5, 0.6) is 0 Å². The number of carbonyl (C=O) groups excluding carboxylic acids is 3. The van der Waals surface area contributed by atoms with Gasteiger partial charge in [0.25, 0.3) is 0 Å². The van der Waals surface area contributed by atoms with E-state index in [-0.39, 0.29) is 23.7 Å². The molecule has 1 saturated heterocycles. The number of ketones is 1. The Morgan fingerprint density at radius 1 is 1.32 bits per heavy atom. The molecule has 1 aromatic rings. The molecule has 1 N–H and O–H groups in total. The van der Waals surface area contributed by atoms with E-state index in [9.17, 15) is 14.4 Å². The monoisotopic (exact) mass is 304 g/mol. The van der Waals surface area contributed by atoms with Crippen LogP contribution in [-0.4, -0.2) is 37.0 Å². The number of hydrogen-bond acceptors (Lipinski definition) is 4. The highest BCUT2D eigenvalue weighted by Gasteiger charge is 2.32. The Morgan fingerprint density at radius 3 is 2.50 bits per heavy atom. The summed E-state index contributed by atoms with van der Waals surface area (Å²) in [5, 5.41) is 2.75. The van der Waals surface area contributed by atoms with Crippen LogP contribution in [0.3, 0.4) is 0 Å². The van der Waals surface area contributed by atoms with E-state index in [2.05, 4.69) is 5.32 Å². The maximum atomic E-state index is 11.9. The van der Waals surface area contributed by atoms with Crippen molar-refractivity contribution < 1.29 is 19.1 Å². The Bertz CT molecular complexity index is 580. The van der Waals surface area contributed by atoms with Crippen LogP contribution in [0.4, 0.5) is 10.5 Å². The van der Waals surface area contributed by atoms with Gasteiger partial charge in [0.05, 0.1) is 13.1 Å². The number of nitrogens with one attached hydrogen (secondary N) is 1. The summed E-state index contributed by atoms with van der Waals surface area (Å²) in [6, 6.07) is 6.79. The Kier molecular flexibility index (Phi) is 4.80. The van der Waals surface area contributed by atoms with Crippen LogP contribution in [0.2, 0.25) is 0 Å². The average molecular weight is 304 g/mol. The molecular formula is C16H20N2O4. The molecule has 0 saturated carbocycles. The fourth-order valence-corrected chi connectivity index (χ4v) is 2.13. The molecule has 22 heavy (non-hydrogen) atoms. The quantitative estimate of drug-likeness (QED) is 0.844. The highest BCUT2D eigenvalue weighted by Crippen LogP contribution is 2.22. The summed E-state index contributed by atoms with van der Waals surface area (Å²) in [5.41, 5.74) is 1.27. The molecular weight excluding hydrogens is 284 g/mol. The molecule has 0 unspecified atom stereocenters. The van der Waals surface area contributed by atoms with Crippen molar-refractivity contribution in [1.29, 1.82) is 0 Å². The van der Waals surface area contributed by atoms with Crippen LogP contribution in [0.25, 0.3) is 0 Å². The molecule has 1 aromatic carbocycles. The minimum Gasteiger partial charge on any atom is -0.442 e. The topological polar surface area (TPSA) is 75.7 Å². The molecule has 1 heterocycles. The molecule has 1 aliphatic rings. The van der Waals surface area contributed by atoms with E-state index in [1.54, 1.807) is 38.1 Å². The smallest absolute Gasteiger partial charge is 0.414 e. The highest BCUT2D eigenvalue weighted by molar-refractivity contribution is 5.95. The average Bonchev–Trinajstić information content (AvgIpc) is 2.85. The molecule has 0 spiro atoms. The Hall–Kier alpha value is -2.37. The molecule has 2 amide bonds. The summed E-state index contributed by atoms with van der Waals surface area (Å²) in [7, 11) is 0. The molecule has 1 fully saturated rings. The molecule has 2 rings (SSSR count). The fraction of sp³-hybridized carbons (Fsp3) is 0.438. The minimum atomic E-state index is -0.445. The SMILES string of the molecule is CC(=O)c1ccc(N2C[C@H](CNC(=O)C(C)C)OC2=O)cc1. The number of rotatable bonds is 5. The molecule has 1 atom stereocenters. The predicted octanol–water partition coefficient (Wildman–Crippen LogP) is 1.99. The molecule has 0 bridgehead atoms. The normalized spacial score (nSPS) is 17.5. The standard InChI is InChI=1S/C16H20N2O4/c1-10(2)15(20)17-8-14-9-18(16(21)22-14)13-6-4-12(5-7-13)11(3)19/h4-7,10,14H,8-9H2,1-3H3,(H,17,20)/t14-/m0/s1. The first kappa shape index (κ1) is 16.0. The number of cyclic esters (lactones) is 1. The molecule has 0 aliphatic carbocycles. The molecule has 0 aromatic heterocycles. The van der Waals surface area contributed by atoms with Gasteiger partial charge in [-0.05, 0) is 31.2 Å².